The SMILES string of the molecule is CNC(=O)c1cncc(-c2ccc3[nH]cc(C[C@H]4CCCN4C)c3c2)c1. The predicted octanol–water partition coefficient (Wildman–Crippen LogP) is 3.23. The van der Waals surface area contributed by atoms with Crippen LogP contribution in [0.2, 0.25) is 0 Å². The molecule has 1 atom stereocenters. The minimum atomic E-state index is -0.118. The third-order valence-corrected chi connectivity index (χ3v) is 5.46. The summed E-state index contributed by atoms with van der Waals surface area (Å²) in [6, 6.07) is 8.91. The topological polar surface area (TPSA) is 61.0 Å². The Bertz CT molecular complexity index is 946. The van der Waals surface area contributed by atoms with E-state index in [4.69, 9.17) is 0 Å². The van der Waals surface area contributed by atoms with Gasteiger partial charge < -0.3 is 15.2 Å². The molecule has 0 saturated carbocycles. The highest BCUT2D eigenvalue weighted by Crippen LogP contribution is 2.29. The molecule has 2 N–H and O–H groups in total. The second kappa shape index (κ2) is 6.92. The second-order valence-corrected chi connectivity index (χ2v) is 7.10. The molecule has 1 aliphatic heterocycles. The molecule has 1 saturated heterocycles. The van der Waals surface area contributed by atoms with E-state index in [1.54, 1.807) is 13.2 Å². The number of fused-ring (bicyclic) bond motifs is 1. The first kappa shape index (κ1) is 16.8. The van der Waals surface area contributed by atoms with Crippen LogP contribution in [0.25, 0.3) is 22.0 Å². The quantitative estimate of drug-likeness (QED) is 0.761. The van der Waals surface area contributed by atoms with Gasteiger partial charge in [0.2, 0.25) is 0 Å². The second-order valence-electron chi connectivity index (χ2n) is 7.10. The first-order valence-corrected chi connectivity index (χ1v) is 9.13. The monoisotopic (exact) mass is 348 g/mol. The zero-order valence-corrected chi connectivity index (χ0v) is 15.2. The van der Waals surface area contributed by atoms with Gasteiger partial charge in [0.15, 0.2) is 0 Å². The van der Waals surface area contributed by atoms with Crippen molar-refractivity contribution in [1.29, 1.82) is 0 Å². The van der Waals surface area contributed by atoms with Gasteiger partial charge in [0, 0.05) is 48.1 Å². The number of amides is 1. The average Bonchev–Trinajstić information content (AvgIpc) is 3.27. The molecule has 5 heteroatoms. The standard InChI is InChI=1S/C21H24N4O/c1-22-21(26)17-8-15(11-23-12-17)14-5-6-20-19(10-14)16(13-24-20)9-18-4-3-7-25(18)2/h5-6,8,10-13,18,24H,3-4,7,9H2,1-2H3,(H,22,26)/t18-/m1/s1. The first-order valence-electron chi connectivity index (χ1n) is 9.13. The number of hydrogen-bond acceptors (Lipinski definition) is 3. The molecule has 0 bridgehead atoms. The van der Waals surface area contributed by atoms with Gasteiger partial charge in [0.05, 0.1) is 5.56 Å². The molecule has 1 aliphatic rings. The fourth-order valence-corrected chi connectivity index (χ4v) is 3.88. The molecule has 1 aromatic carbocycles. The number of likely N-dealkylation sites (N-methyl/N-ethyl adjacent to an activating group) is 1. The van der Waals surface area contributed by atoms with Crippen molar-refractivity contribution >= 4 is 16.8 Å². The van der Waals surface area contributed by atoms with Gasteiger partial charge in [-0.15, -0.1) is 0 Å². The Morgan fingerprint density at radius 3 is 2.96 bits per heavy atom. The van der Waals surface area contributed by atoms with Crippen LogP contribution in [0.4, 0.5) is 0 Å². The van der Waals surface area contributed by atoms with Crippen molar-refractivity contribution in [1.82, 2.24) is 20.2 Å². The predicted molar refractivity (Wildman–Crippen MR) is 104 cm³/mol. The summed E-state index contributed by atoms with van der Waals surface area (Å²) >= 11 is 0. The Labute approximate surface area is 153 Å². The Balaban J connectivity index is 1.69. The highest BCUT2D eigenvalue weighted by atomic mass is 16.1. The molecular weight excluding hydrogens is 324 g/mol. The van der Waals surface area contributed by atoms with Crippen LogP contribution in [0.3, 0.4) is 0 Å². The largest absolute Gasteiger partial charge is 0.361 e. The van der Waals surface area contributed by atoms with E-state index in [9.17, 15) is 4.79 Å². The summed E-state index contributed by atoms with van der Waals surface area (Å²) in [7, 11) is 3.85. The summed E-state index contributed by atoms with van der Waals surface area (Å²) < 4.78 is 0. The van der Waals surface area contributed by atoms with Crippen molar-refractivity contribution in [3.8, 4) is 11.1 Å². The Hall–Kier alpha value is -2.66. The highest BCUT2D eigenvalue weighted by molar-refractivity contribution is 5.95. The van der Waals surface area contributed by atoms with Crippen molar-refractivity contribution in [2.45, 2.75) is 25.3 Å². The van der Waals surface area contributed by atoms with Crippen molar-refractivity contribution < 1.29 is 4.79 Å². The van der Waals surface area contributed by atoms with E-state index < -0.39 is 0 Å². The summed E-state index contributed by atoms with van der Waals surface area (Å²) in [6.45, 7) is 1.19. The molecule has 1 fully saturated rings. The number of nitrogens with zero attached hydrogens (tertiary/aromatic N) is 2. The van der Waals surface area contributed by atoms with Crippen molar-refractivity contribution in [2.24, 2.45) is 0 Å². The maximum Gasteiger partial charge on any atom is 0.252 e. The van der Waals surface area contributed by atoms with E-state index in [1.807, 2.05) is 12.3 Å². The fraction of sp³-hybridized carbons (Fsp3) is 0.333. The van der Waals surface area contributed by atoms with E-state index in [1.165, 1.54) is 30.3 Å². The molecule has 3 aromatic rings. The number of likely N-dealkylation sites (tertiary alicyclic amines) is 1. The number of aromatic amines is 1. The molecule has 3 heterocycles. The smallest absolute Gasteiger partial charge is 0.252 e. The van der Waals surface area contributed by atoms with Gasteiger partial charge in [-0.25, -0.2) is 0 Å². The zero-order chi connectivity index (χ0) is 18.1. The number of nitrogens with one attached hydrogen (secondary N) is 2. The van der Waals surface area contributed by atoms with Crippen molar-refractivity contribution in [3.63, 3.8) is 0 Å². The van der Waals surface area contributed by atoms with E-state index in [0.29, 0.717) is 11.6 Å². The molecule has 2 aromatic heterocycles. The lowest BCUT2D eigenvalue weighted by Crippen LogP contribution is -2.26. The normalized spacial score (nSPS) is 17.7. The van der Waals surface area contributed by atoms with Gasteiger partial charge in [0.25, 0.3) is 5.91 Å². The number of H-pyrrole nitrogens is 1. The summed E-state index contributed by atoms with van der Waals surface area (Å²) in [6.07, 6.45) is 9.16. The lowest BCUT2D eigenvalue weighted by molar-refractivity contribution is 0.0963. The maximum atomic E-state index is 11.9. The Morgan fingerprint density at radius 1 is 1.31 bits per heavy atom. The molecule has 0 aliphatic carbocycles. The number of carbonyl (C=O) groups excluding carboxylic acids is 1. The van der Waals surface area contributed by atoms with E-state index in [2.05, 4.69) is 51.6 Å². The zero-order valence-electron chi connectivity index (χ0n) is 15.2. The Morgan fingerprint density at radius 2 is 2.19 bits per heavy atom. The number of hydrogen-bond donors (Lipinski definition) is 2. The minimum Gasteiger partial charge on any atom is -0.361 e. The number of carbonyl (C=O) groups is 1. The molecule has 1 amide bonds. The van der Waals surface area contributed by atoms with Gasteiger partial charge in [-0.3, -0.25) is 9.78 Å². The van der Waals surface area contributed by atoms with Gasteiger partial charge >= 0.3 is 0 Å². The van der Waals surface area contributed by atoms with Crippen LogP contribution in [-0.4, -0.2) is 47.5 Å². The van der Waals surface area contributed by atoms with Crippen LogP contribution in [0.5, 0.6) is 0 Å². The summed E-state index contributed by atoms with van der Waals surface area (Å²) in [5, 5.41) is 3.91. The lowest BCUT2D eigenvalue weighted by Gasteiger charge is -2.18. The number of benzene rings is 1. The lowest BCUT2D eigenvalue weighted by atomic mass is 9.99. The molecule has 0 radical (unpaired) electrons. The minimum absolute atomic E-state index is 0.118. The van der Waals surface area contributed by atoms with Crippen LogP contribution in [-0.2, 0) is 6.42 Å². The van der Waals surface area contributed by atoms with Crippen LogP contribution in [0.1, 0.15) is 28.8 Å². The molecule has 134 valence electrons. The average molecular weight is 348 g/mol. The first-order chi connectivity index (χ1) is 12.7. The van der Waals surface area contributed by atoms with E-state index in [-0.39, 0.29) is 5.91 Å². The third-order valence-electron chi connectivity index (χ3n) is 5.46. The molecule has 5 nitrogen and oxygen atoms in total. The summed E-state index contributed by atoms with van der Waals surface area (Å²) in [5.74, 6) is -0.118. The van der Waals surface area contributed by atoms with Crippen LogP contribution >= 0.6 is 0 Å². The molecule has 26 heavy (non-hydrogen) atoms. The van der Waals surface area contributed by atoms with E-state index in [0.717, 1.165) is 23.1 Å². The molecular formula is C21H24N4O. The maximum absolute atomic E-state index is 11.9. The summed E-state index contributed by atoms with van der Waals surface area (Å²) in [5.41, 5.74) is 5.12. The fourth-order valence-electron chi connectivity index (χ4n) is 3.88. The number of aromatic nitrogens is 2. The van der Waals surface area contributed by atoms with Gasteiger partial charge in [0.1, 0.15) is 0 Å². The number of pyridine rings is 1. The van der Waals surface area contributed by atoms with Crippen LogP contribution < -0.4 is 5.32 Å². The van der Waals surface area contributed by atoms with Crippen LogP contribution in [0.15, 0.2) is 42.9 Å². The van der Waals surface area contributed by atoms with Crippen molar-refractivity contribution in [3.05, 3.63) is 54.0 Å². The van der Waals surface area contributed by atoms with Gasteiger partial charge in [-0.2, -0.15) is 0 Å². The molecule has 4 rings (SSSR count). The number of rotatable bonds is 4. The Kier molecular flexibility index (Phi) is 4.47. The third kappa shape index (κ3) is 3.10. The van der Waals surface area contributed by atoms with E-state index >= 15 is 0 Å². The van der Waals surface area contributed by atoms with Crippen LogP contribution in [0, 0.1) is 0 Å². The molecule has 0 spiro atoms. The highest BCUT2D eigenvalue weighted by Gasteiger charge is 2.22. The van der Waals surface area contributed by atoms with Gasteiger partial charge in [-0.1, -0.05) is 6.07 Å². The van der Waals surface area contributed by atoms with Gasteiger partial charge in [-0.05, 0) is 62.2 Å². The summed E-state index contributed by atoms with van der Waals surface area (Å²) in [4.78, 5) is 22.0. The molecule has 0 unspecified atom stereocenters. The van der Waals surface area contributed by atoms with Crippen molar-refractivity contribution in [2.75, 3.05) is 20.6 Å².